The van der Waals surface area contributed by atoms with Crippen molar-refractivity contribution in [1.29, 1.82) is 0 Å². The van der Waals surface area contributed by atoms with Crippen LogP contribution in [0.2, 0.25) is 5.02 Å². The summed E-state index contributed by atoms with van der Waals surface area (Å²) in [6.07, 6.45) is 0. The second kappa shape index (κ2) is 8.94. The Balaban J connectivity index is 2.19. The molecule has 0 radical (unpaired) electrons. The van der Waals surface area contributed by atoms with Crippen LogP contribution in [0.5, 0.6) is 11.5 Å². The number of rotatable bonds is 6. The predicted molar refractivity (Wildman–Crippen MR) is 127 cm³/mol. The van der Waals surface area contributed by atoms with Crippen LogP contribution in [0.15, 0.2) is 91.0 Å². The van der Waals surface area contributed by atoms with E-state index >= 15 is 0 Å². The maximum atomic E-state index is 12.4. The number of benzene rings is 4. The number of nitro groups is 1. The summed E-state index contributed by atoms with van der Waals surface area (Å²) in [6.45, 7) is 0. The number of hydrogen-bond donors (Lipinski definition) is 2. The van der Waals surface area contributed by atoms with E-state index in [9.17, 15) is 20.3 Å². The summed E-state index contributed by atoms with van der Waals surface area (Å²) in [4.78, 5) is 11.4. The van der Waals surface area contributed by atoms with Gasteiger partial charge in [0.15, 0.2) is 0 Å². The molecule has 4 rings (SSSR count). The smallest absolute Gasteiger partial charge is 0.278 e. The molecular formula is C26H20ClNO5. The highest BCUT2D eigenvalue weighted by Gasteiger charge is 2.39. The third-order valence-electron chi connectivity index (χ3n) is 5.52. The van der Waals surface area contributed by atoms with Crippen LogP contribution in [0.1, 0.15) is 16.7 Å². The van der Waals surface area contributed by atoms with Gasteiger partial charge in [-0.1, -0.05) is 78.3 Å². The average Bonchev–Trinajstić information content (AvgIpc) is 2.84. The molecule has 0 unspecified atom stereocenters. The minimum Gasteiger partial charge on any atom is -0.508 e. The molecule has 0 spiro atoms. The number of aromatic hydroxyl groups is 1. The highest BCUT2D eigenvalue weighted by molar-refractivity contribution is 6.34. The van der Waals surface area contributed by atoms with Gasteiger partial charge in [-0.3, -0.25) is 10.1 Å². The number of nitrogens with zero attached hydrogens (tertiary/aromatic N) is 1. The molecule has 33 heavy (non-hydrogen) atoms. The molecule has 0 atom stereocenters. The number of nitro benzene ring substituents is 1. The van der Waals surface area contributed by atoms with Crippen LogP contribution >= 0.6 is 11.6 Å². The van der Waals surface area contributed by atoms with Gasteiger partial charge in [0.2, 0.25) is 0 Å². The monoisotopic (exact) mass is 461 g/mol. The van der Waals surface area contributed by atoms with Gasteiger partial charge in [-0.05, 0) is 23.3 Å². The number of methoxy groups -OCH3 is 1. The fourth-order valence-corrected chi connectivity index (χ4v) is 4.32. The molecule has 4 aromatic carbocycles. The summed E-state index contributed by atoms with van der Waals surface area (Å²) >= 11 is 6.49. The van der Waals surface area contributed by atoms with Gasteiger partial charge >= 0.3 is 0 Å². The molecule has 7 heteroatoms. The number of hydrogen-bond acceptors (Lipinski definition) is 5. The lowest BCUT2D eigenvalue weighted by Crippen LogP contribution is -2.29. The first kappa shape index (κ1) is 22.3. The largest absolute Gasteiger partial charge is 0.508 e. The van der Waals surface area contributed by atoms with Gasteiger partial charge in [-0.15, -0.1) is 0 Å². The van der Waals surface area contributed by atoms with Crippen molar-refractivity contribution in [2.24, 2.45) is 0 Å². The molecule has 0 saturated heterocycles. The van der Waals surface area contributed by atoms with Crippen LogP contribution in [-0.4, -0.2) is 22.2 Å². The number of aliphatic hydroxyl groups is 1. The molecular weight excluding hydrogens is 442 g/mol. The lowest BCUT2D eigenvalue weighted by Gasteiger charge is -2.33. The number of phenols is 1. The van der Waals surface area contributed by atoms with Crippen LogP contribution in [-0.2, 0) is 5.60 Å². The average molecular weight is 462 g/mol. The second-order valence-electron chi connectivity index (χ2n) is 7.40. The molecule has 6 nitrogen and oxygen atoms in total. The Hall–Kier alpha value is -3.87. The van der Waals surface area contributed by atoms with Gasteiger partial charge in [0.1, 0.15) is 17.1 Å². The minimum atomic E-state index is -1.79. The van der Waals surface area contributed by atoms with E-state index in [1.807, 2.05) is 12.1 Å². The molecule has 0 bridgehead atoms. The quantitative estimate of drug-likeness (QED) is 0.211. The molecule has 0 fully saturated rings. The zero-order chi connectivity index (χ0) is 23.6. The van der Waals surface area contributed by atoms with Gasteiger partial charge in [-0.25, -0.2) is 0 Å². The van der Waals surface area contributed by atoms with Gasteiger partial charge < -0.3 is 14.9 Å². The summed E-state index contributed by atoms with van der Waals surface area (Å²) in [5, 5.41) is 34.9. The number of phenolic OH excluding ortho intramolecular Hbond substituents is 1. The highest BCUT2D eigenvalue weighted by atomic mass is 35.5. The van der Waals surface area contributed by atoms with Crippen LogP contribution in [0.25, 0.3) is 11.1 Å². The molecule has 0 saturated carbocycles. The Labute approximate surface area is 195 Å². The molecule has 166 valence electrons. The zero-order valence-corrected chi connectivity index (χ0v) is 18.4. The van der Waals surface area contributed by atoms with Crippen molar-refractivity contribution in [1.82, 2.24) is 0 Å². The number of halogens is 1. The normalized spacial score (nSPS) is 11.2. The van der Waals surface area contributed by atoms with Crippen LogP contribution in [0.4, 0.5) is 5.69 Å². The third-order valence-corrected chi connectivity index (χ3v) is 5.83. The summed E-state index contributed by atoms with van der Waals surface area (Å²) in [7, 11) is 1.38. The number of ether oxygens (including phenoxy) is 1. The first-order valence-corrected chi connectivity index (χ1v) is 10.4. The Morgan fingerprint density at radius 1 is 0.879 bits per heavy atom. The van der Waals surface area contributed by atoms with Crippen molar-refractivity contribution >= 4 is 17.3 Å². The Bertz CT molecular complexity index is 1270. The van der Waals surface area contributed by atoms with Gasteiger partial charge in [-0.2, -0.15) is 0 Å². The van der Waals surface area contributed by atoms with E-state index in [1.54, 1.807) is 48.5 Å². The van der Waals surface area contributed by atoms with E-state index in [0.29, 0.717) is 11.1 Å². The molecule has 0 heterocycles. The van der Waals surface area contributed by atoms with E-state index in [0.717, 1.165) is 0 Å². The highest BCUT2D eigenvalue weighted by Crippen LogP contribution is 2.50. The summed E-state index contributed by atoms with van der Waals surface area (Å²) in [6, 6.07) is 24.8. The fourth-order valence-electron chi connectivity index (χ4n) is 4.05. The first-order valence-electron chi connectivity index (χ1n) is 10.1. The van der Waals surface area contributed by atoms with Gasteiger partial charge in [0.25, 0.3) is 5.69 Å². The molecule has 0 amide bonds. The SMILES string of the molecule is COc1cc(O)cc(C(O)(c2ccccc2)c2ccccc2)c1-c1c(Cl)cccc1[N+](=O)[O-]. The van der Waals surface area contributed by atoms with Crippen molar-refractivity contribution in [3.63, 3.8) is 0 Å². The molecule has 0 aliphatic heterocycles. The Morgan fingerprint density at radius 2 is 1.45 bits per heavy atom. The third kappa shape index (κ3) is 3.91. The predicted octanol–water partition coefficient (Wildman–Crippen LogP) is 5.91. The van der Waals surface area contributed by atoms with Crippen LogP contribution in [0.3, 0.4) is 0 Å². The Kier molecular flexibility index (Phi) is 6.05. The van der Waals surface area contributed by atoms with E-state index in [2.05, 4.69) is 0 Å². The van der Waals surface area contributed by atoms with E-state index in [1.165, 1.54) is 37.4 Å². The van der Waals surface area contributed by atoms with Crippen molar-refractivity contribution in [3.8, 4) is 22.6 Å². The first-order chi connectivity index (χ1) is 15.9. The van der Waals surface area contributed by atoms with Crippen molar-refractivity contribution in [3.05, 3.63) is 123 Å². The summed E-state index contributed by atoms with van der Waals surface area (Å²) < 4.78 is 5.53. The van der Waals surface area contributed by atoms with Crippen LogP contribution in [0, 0.1) is 10.1 Å². The zero-order valence-electron chi connectivity index (χ0n) is 17.6. The van der Waals surface area contributed by atoms with Crippen LogP contribution < -0.4 is 4.74 Å². The topological polar surface area (TPSA) is 92.8 Å². The maximum absolute atomic E-state index is 12.4. The van der Waals surface area contributed by atoms with Gasteiger partial charge in [0.05, 0.1) is 22.6 Å². The standard InChI is InChI=1S/C26H20ClNO5/c1-33-23-16-19(29)15-20(24(23)25-21(27)13-8-14-22(25)28(31)32)26(30,17-9-4-2-5-10-17)18-11-6-3-7-12-18/h2-16,29-30H,1H3. The molecule has 2 N–H and O–H groups in total. The van der Waals surface area contributed by atoms with E-state index in [-0.39, 0.29) is 38.9 Å². The lowest BCUT2D eigenvalue weighted by atomic mass is 9.76. The minimum absolute atomic E-state index is 0.0845. The van der Waals surface area contributed by atoms with Crippen molar-refractivity contribution in [2.75, 3.05) is 7.11 Å². The summed E-state index contributed by atoms with van der Waals surface area (Å²) in [5.74, 6) is -0.0444. The van der Waals surface area contributed by atoms with E-state index < -0.39 is 10.5 Å². The van der Waals surface area contributed by atoms with E-state index in [4.69, 9.17) is 16.3 Å². The molecule has 0 aliphatic rings. The van der Waals surface area contributed by atoms with Crippen molar-refractivity contribution < 1.29 is 19.9 Å². The summed E-state index contributed by atoms with van der Waals surface area (Å²) in [5.41, 5.74) is -0.565. The second-order valence-corrected chi connectivity index (χ2v) is 7.81. The molecule has 0 aromatic heterocycles. The lowest BCUT2D eigenvalue weighted by molar-refractivity contribution is -0.384. The molecule has 0 aliphatic carbocycles. The maximum Gasteiger partial charge on any atom is 0.278 e. The fraction of sp³-hybridized carbons (Fsp3) is 0.0769. The molecule has 4 aromatic rings. The van der Waals surface area contributed by atoms with Gasteiger partial charge in [0, 0.05) is 23.3 Å². The van der Waals surface area contributed by atoms with Crippen molar-refractivity contribution in [2.45, 2.75) is 5.60 Å². The Morgan fingerprint density at radius 3 is 1.97 bits per heavy atom.